The van der Waals surface area contributed by atoms with Gasteiger partial charge in [0.15, 0.2) is 5.96 Å². The number of anilines is 1. The molecule has 1 amide bonds. The molecule has 1 N–H and O–H groups in total. The van der Waals surface area contributed by atoms with Gasteiger partial charge in [-0.1, -0.05) is 6.07 Å². The van der Waals surface area contributed by atoms with Crippen molar-refractivity contribution < 1.29 is 9.53 Å². The number of ether oxygens (including phenoxy) is 1. The largest absolute Gasteiger partial charge is 0.497 e. The summed E-state index contributed by atoms with van der Waals surface area (Å²) in [5.41, 5.74) is 1.21. The first-order valence-electron chi connectivity index (χ1n) is 11.0. The molecular weight excluding hydrogens is 507 g/mol. The van der Waals surface area contributed by atoms with E-state index in [1.54, 1.807) is 14.0 Å². The van der Waals surface area contributed by atoms with Gasteiger partial charge in [0.2, 0.25) is 5.91 Å². The number of carbonyl (C=O) groups excluding carboxylic acids is 1. The van der Waals surface area contributed by atoms with Gasteiger partial charge in [0, 0.05) is 84.1 Å². The fourth-order valence-electron chi connectivity index (χ4n) is 3.99. The van der Waals surface area contributed by atoms with E-state index in [2.05, 4.69) is 39.1 Å². The lowest BCUT2D eigenvalue weighted by Crippen LogP contribution is -2.53. The second-order valence-electron chi connectivity index (χ2n) is 7.76. The summed E-state index contributed by atoms with van der Waals surface area (Å²) in [4.78, 5) is 25.4. The highest BCUT2D eigenvalue weighted by Gasteiger charge is 2.21. The Hall–Kier alpha value is -1.75. The van der Waals surface area contributed by atoms with Crippen molar-refractivity contribution in [3.63, 3.8) is 0 Å². The molecule has 0 bridgehead atoms. The van der Waals surface area contributed by atoms with Crippen LogP contribution in [-0.2, 0) is 4.79 Å². The lowest BCUT2D eigenvalue weighted by Gasteiger charge is -2.38. The summed E-state index contributed by atoms with van der Waals surface area (Å²) in [5.74, 6) is 2.08. The highest BCUT2D eigenvalue weighted by Crippen LogP contribution is 2.22. The highest BCUT2D eigenvalue weighted by atomic mass is 127. The highest BCUT2D eigenvalue weighted by molar-refractivity contribution is 14.0. The predicted molar refractivity (Wildman–Crippen MR) is 137 cm³/mol. The Morgan fingerprint density at radius 1 is 1.06 bits per heavy atom. The van der Waals surface area contributed by atoms with Gasteiger partial charge in [-0.05, 0) is 19.1 Å². The fourth-order valence-corrected chi connectivity index (χ4v) is 3.99. The minimum Gasteiger partial charge on any atom is -0.497 e. The molecule has 2 saturated heterocycles. The topological polar surface area (TPSA) is 63.7 Å². The van der Waals surface area contributed by atoms with E-state index < -0.39 is 0 Å². The Morgan fingerprint density at radius 2 is 1.74 bits per heavy atom. The van der Waals surface area contributed by atoms with Crippen molar-refractivity contribution in [1.82, 2.24) is 20.0 Å². The summed E-state index contributed by atoms with van der Waals surface area (Å²) in [6.45, 7) is 13.7. The molecule has 8 nitrogen and oxygen atoms in total. The number of aliphatic imine (C=N–C) groups is 1. The van der Waals surface area contributed by atoms with Crippen molar-refractivity contribution in [2.75, 3.05) is 84.0 Å². The molecule has 0 saturated carbocycles. The smallest absolute Gasteiger partial charge is 0.219 e. The van der Waals surface area contributed by atoms with Gasteiger partial charge in [-0.25, -0.2) is 0 Å². The maximum Gasteiger partial charge on any atom is 0.219 e. The Balaban J connectivity index is 0.00000341. The average molecular weight is 544 g/mol. The van der Waals surface area contributed by atoms with Crippen LogP contribution in [0.25, 0.3) is 0 Å². The molecule has 1 aromatic rings. The van der Waals surface area contributed by atoms with Gasteiger partial charge in [0.1, 0.15) is 5.75 Å². The molecule has 0 atom stereocenters. The van der Waals surface area contributed by atoms with E-state index in [4.69, 9.17) is 9.73 Å². The molecule has 9 heteroatoms. The fraction of sp³-hybridized carbons (Fsp3) is 0.636. The van der Waals surface area contributed by atoms with Crippen molar-refractivity contribution in [2.24, 2.45) is 4.99 Å². The van der Waals surface area contributed by atoms with Crippen LogP contribution in [0.4, 0.5) is 5.69 Å². The van der Waals surface area contributed by atoms with Gasteiger partial charge in [-0.2, -0.15) is 0 Å². The van der Waals surface area contributed by atoms with E-state index in [0.717, 1.165) is 83.7 Å². The van der Waals surface area contributed by atoms with Crippen molar-refractivity contribution in [2.45, 2.75) is 13.8 Å². The first-order chi connectivity index (χ1) is 14.6. The van der Waals surface area contributed by atoms with Crippen LogP contribution in [0.1, 0.15) is 13.8 Å². The molecule has 2 heterocycles. The molecule has 1 aromatic carbocycles. The predicted octanol–water partition coefficient (Wildman–Crippen LogP) is 1.56. The quantitative estimate of drug-likeness (QED) is 0.334. The Morgan fingerprint density at radius 3 is 2.35 bits per heavy atom. The number of hydrogen-bond donors (Lipinski definition) is 1. The van der Waals surface area contributed by atoms with E-state index in [0.29, 0.717) is 0 Å². The number of hydrogen-bond acceptors (Lipinski definition) is 5. The molecule has 2 aliphatic heterocycles. The molecule has 2 aliphatic rings. The lowest BCUT2D eigenvalue weighted by atomic mass is 10.2. The van der Waals surface area contributed by atoms with Crippen LogP contribution < -0.4 is 15.0 Å². The summed E-state index contributed by atoms with van der Waals surface area (Å²) >= 11 is 0. The van der Waals surface area contributed by atoms with Gasteiger partial charge in [-0.15, -0.1) is 24.0 Å². The molecule has 0 unspecified atom stereocenters. The third-order valence-corrected chi connectivity index (χ3v) is 5.83. The van der Waals surface area contributed by atoms with Crippen LogP contribution >= 0.6 is 24.0 Å². The first-order valence-corrected chi connectivity index (χ1v) is 11.0. The number of nitrogens with zero attached hydrogens (tertiary/aromatic N) is 5. The Kier molecular flexibility index (Phi) is 10.7. The SMILES string of the molecule is CCNC(=NCCN1CCN(C(C)=O)CC1)N1CCN(c2cccc(OC)c2)CC1.I. The Labute approximate surface area is 203 Å². The van der Waals surface area contributed by atoms with Crippen LogP contribution in [0.15, 0.2) is 29.3 Å². The number of piperazine rings is 2. The van der Waals surface area contributed by atoms with Crippen molar-refractivity contribution >= 4 is 41.5 Å². The third kappa shape index (κ3) is 7.41. The number of guanidine groups is 1. The summed E-state index contributed by atoms with van der Waals surface area (Å²) < 4.78 is 5.36. The van der Waals surface area contributed by atoms with Crippen LogP contribution in [0.5, 0.6) is 5.75 Å². The molecule has 0 aromatic heterocycles. The third-order valence-electron chi connectivity index (χ3n) is 5.83. The Bertz CT molecular complexity index is 716. The van der Waals surface area contributed by atoms with Crippen LogP contribution in [0, 0.1) is 0 Å². The molecule has 0 aliphatic carbocycles. The van der Waals surface area contributed by atoms with Gasteiger partial charge in [-0.3, -0.25) is 14.7 Å². The second-order valence-corrected chi connectivity index (χ2v) is 7.76. The van der Waals surface area contributed by atoms with E-state index in [1.807, 2.05) is 17.0 Å². The van der Waals surface area contributed by atoms with Gasteiger partial charge < -0.3 is 24.8 Å². The molecule has 0 spiro atoms. The number of amides is 1. The van der Waals surface area contributed by atoms with Crippen LogP contribution in [0.3, 0.4) is 0 Å². The number of halogens is 1. The molecule has 174 valence electrons. The number of methoxy groups -OCH3 is 1. The number of carbonyl (C=O) groups is 1. The van der Waals surface area contributed by atoms with Crippen molar-refractivity contribution in [1.29, 1.82) is 0 Å². The van der Waals surface area contributed by atoms with E-state index in [-0.39, 0.29) is 29.9 Å². The second kappa shape index (κ2) is 12.9. The maximum absolute atomic E-state index is 11.5. The van der Waals surface area contributed by atoms with E-state index in [9.17, 15) is 4.79 Å². The lowest BCUT2D eigenvalue weighted by molar-refractivity contribution is -0.130. The molecule has 0 radical (unpaired) electrons. The molecular formula is C22H37IN6O2. The van der Waals surface area contributed by atoms with Crippen molar-refractivity contribution in [3.05, 3.63) is 24.3 Å². The normalized spacial score (nSPS) is 17.9. The summed E-state index contributed by atoms with van der Waals surface area (Å²) in [6, 6.07) is 8.27. The zero-order chi connectivity index (χ0) is 21.3. The van der Waals surface area contributed by atoms with Gasteiger partial charge >= 0.3 is 0 Å². The van der Waals surface area contributed by atoms with Crippen LogP contribution in [-0.4, -0.2) is 106 Å². The first kappa shape index (κ1) is 25.5. The molecule has 2 fully saturated rings. The minimum atomic E-state index is 0. The monoisotopic (exact) mass is 544 g/mol. The standard InChI is InChI=1S/C22H36N6O2.HI/c1-4-23-22(24-8-9-25-10-12-26(13-11-25)19(2)29)28-16-14-27(15-17-28)20-6-5-7-21(18-20)30-3;/h5-7,18H,4,8-17H2,1-3H3,(H,23,24);1H. The van der Waals surface area contributed by atoms with Crippen LogP contribution in [0.2, 0.25) is 0 Å². The zero-order valence-electron chi connectivity index (χ0n) is 19.0. The molecule has 3 rings (SSSR count). The average Bonchev–Trinajstić information content (AvgIpc) is 2.79. The van der Waals surface area contributed by atoms with Gasteiger partial charge in [0.25, 0.3) is 0 Å². The van der Waals surface area contributed by atoms with Crippen molar-refractivity contribution in [3.8, 4) is 5.75 Å². The number of nitrogens with one attached hydrogen (secondary N) is 1. The number of benzene rings is 1. The summed E-state index contributed by atoms with van der Waals surface area (Å²) in [7, 11) is 1.71. The summed E-state index contributed by atoms with van der Waals surface area (Å²) in [5, 5.41) is 3.45. The zero-order valence-corrected chi connectivity index (χ0v) is 21.4. The molecule has 31 heavy (non-hydrogen) atoms. The van der Waals surface area contributed by atoms with E-state index >= 15 is 0 Å². The maximum atomic E-state index is 11.5. The van der Waals surface area contributed by atoms with Gasteiger partial charge in [0.05, 0.1) is 13.7 Å². The van der Waals surface area contributed by atoms with E-state index in [1.165, 1.54) is 5.69 Å². The number of rotatable bonds is 6. The summed E-state index contributed by atoms with van der Waals surface area (Å²) in [6.07, 6.45) is 0. The minimum absolute atomic E-state index is 0.